The average Bonchev–Trinajstić information content (AvgIpc) is 3.23. The molecule has 2 aliphatic heterocycles. The number of hydrogen-bond donors (Lipinski definition) is 1. The lowest BCUT2D eigenvalue weighted by atomic mass is 9.88. The number of benzene rings is 1. The molecule has 1 fully saturated rings. The summed E-state index contributed by atoms with van der Waals surface area (Å²) in [5.41, 5.74) is 0.291. The SMILES string of the molecule is CNC(=O)C1Cn2ccnc2C2(CCN(C(=O)c3cccc(C#N)c3)CC2)O1. The van der Waals surface area contributed by atoms with E-state index < -0.39 is 11.7 Å². The summed E-state index contributed by atoms with van der Waals surface area (Å²) >= 11 is 0. The molecule has 2 amide bonds. The fraction of sp³-hybridized carbons (Fsp3) is 0.400. The quantitative estimate of drug-likeness (QED) is 0.840. The van der Waals surface area contributed by atoms with Gasteiger partial charge in [0.05, 0.1) is 18.2 Å². The van der Waals surface area contributed by atoms with Gasteiger partial charge in [-0.2, -0.15) is 5.26 Å². The fourth-order valence-corrected chi connectivity index (χ4v) is 4.01. The maximum Gasteiger partial charge on any atom is 0.253 e. The van der Waals surface area contributed by atoms with Crippen LogP contribution in [0.5, 0.6) is 0 Å². The van der Waals surface area contributed by atoms with Crippen molar-refractivity contribution in [2.75, 3.05) is 20.1 Å². The summed E-state index contributed by atoms with van der Waals surface area (Å²) in [5.74, 6) is 0.547. The first-order chi connectivity index (χ1) is 13.6. The van der Waals surface area contributed by atoms with E-state index in [9.17, 15) is 9.59 Å². The second kappa shape index (κ2) is 7.09. The van der Waals surface area contributed by atoms with E-state index in [0.29, 0.717) is 43.6 Å². The maximum atomic E-state index is 12.8. The number of hydrogen-bond acceptors (Lipinski definition) is 5. The van der Waals surface area contributed by atoms with Crippen LogP contribution in [0, 0.1) is 11.3 Å². The Kier molecular flexibility index (Phi) is 4.61. The second-order valence-electron chi connectivity index (χ2n) is 7.10. The molecule has 0 aliphatic carbocycles. The lowest BCUT2D eigenvalue weighted by Gasteiger charge is -2.45. The highest BCUT2D eigenvalue weighted by Crippen LogP contribution is 2.40. The summed E-state index contributed by atoms with van der Waals surface area (Å²) in [6, 6.07) is 8.78. The van der Waals surface area contributed by atoms with E-state index in [1.807, 2.05) is 10.8 Å². The monoisotopic (exact) mass is 379 g/mol. The number of nitriles is 1. The summed E-state index contributed by atoms with van der Waals surface area (Å²) < 4.78 is 8.22. The Balaban J connectivity index is 1.53. The third-order valence-corrected chi connectivity index (χ3v) is 5.49. The molecule has 1 aromatic carbocycles. The Bertz CT molecular complexity index is 953. The zero-order valence-electron chi connectivity index (χ0n) is 15.6. The van der Waals surface area contributed by atoms with E-state index in [2.05, 4.69) is 16.4 Å². The molecule has 0 saturated carbocycles. The molecule has 28 heavy (non-hydrogen) atoms. The van der Waals surface area contributed by atoms with Gasteiger partial charge >= 0.3 is 0 Å². The lowest BCUT2D eigenvalue weighted by Crippen LogP contribution is -2.54. The predicted octanol–water partition coefficient (Wildman–Crippen LogP) is 1.03. The van der Waals surface area contributed by atoms with Gasteiger partial charge in [-0.15, -0.1) is 0 Å². The number of fused-ring (bicyclic) bond motifs is 2. The minimum absolute atomic E-state index is 0.103. The Morgan fingerprint density at radius 2 is 2.14 bits per heavy atom. The fourth-order valence-electron chi connectivity index (χ4n) is 4.01. The number of imidazole rings is 1. The molecule has 1 saturated heterocycles. The Hall–Kier alpha value is -3.18. The largest absolute Gasteiger partial charge is 0.357 e. The zero-order chi connectivity index (χ0) is 19.7. The lowest BCUT2D eigenvalue weighted by molar-refractivity contribution is -0.171. The van der Waals surface area contributed by atoms with Gasteiger partial charge in [0.25, 0.3) is 11.8 Å². The number of likely N-dealkylation sites (tertiary alicyclic amines) is 1. The molecule has 1 atom stereocenters. The number of rotatable bonds is 2. The van der Waals surface area contributed by atoms with Crippen LogP contribution in [0.15, 0.2) is 36.7 Å². The van der Waals surface area contributed by atoms with E-state index in [1.165, 1.54) is 0 Å². The second-order valence-corrected chi connectivity index (χ2v) is 7.10. The highest BCUT2D eigenvalue weighted by atomic mass is 16.5. The van der Waals surface area contributed by atoms with Crippen molar-refractivity contribution in [3.05, 3.63) is 53.6 Å². The molecule has 2 aromatic rings. The van der Waals surface area contributed by atoms with Gasteiger partial charge in [-0.05, 0) is 18.2 Å². The van der Waals surface area contributed by atoms with Gasteiger partial charge in [-0.1, -0.05) is 6.07 Å². The molecular weight excluding hydrogens is 358 g/mol. The number of amides is 2. The number of nitrogens with one attached hydrogen (secondary N) is 1. The van der Waals surface area contributed by atoms with Gasteiger partial charge < -0.3 is 19.5 Å². The van der Waals surface area contributed by atoms with E-state index in [-0.39, 0.29) is 11.8 Å². The van der Waals surface area contributed by atoms with Crippen molar-refractivity contribution in [2.45, 2.75) is 31.1 Å². The smallest absolute Gasteiger partial charge is 0.253 e. The molecule has 0 radical (unpaired) electrons. The molecular formula is C20H21N5O3. The van der Waals surface area contributed by atoms with Crippen molar-refractivity contribution < 1.29 is 14.3 Å². The summed E-state index contributed by atoms with van der Waals surface area (Å²) in [7, 11) is 1.60. The molecule has 8 nitrogen and oxygen atoms in total. The molecule has 1 aromatic heterocycles. The minimum Gasteiger partial charge on any atom is -0.357 e. The zero-order valence-corrected chi connectivity index (χ0v) is 15.6. The normalized spacial score (nSPS) is 20.3. The molecule has 8 heteroatoms. The molecule has 0 bridgehead atoms. The maximum absolute atomic E-state index is 12.8. The Morgan fingerprint density at radius 3 is 2.86 bits per heavy atom. The van der Waals surface area contributed by atoms with E-state index in [4.69, 9.17) is 10.00 Å². The summed E-state index contributed by atoms with van der Waals surface area (Å²) in [4.78, 5) is 31.3. The Morgan fingerprint density at radius 1 is 1.36 bits per heavy atom. The van der Waals surface area contributed by atoms with Crippen molar-refractivity contribution in [2.24, 2.45) is 0 Å². The highest BCUT2D eigenvalue weighted by Gasteiger charge is 2.47. The number of likely N-dealkylation sites (N-methyl/N-ethyl adjacent to an activating group) is 1. The summed E-state index contributed by atoms with van der Waals surface area (Å²) in [6.45, 7) is 1.41. The van der Waals surface area contributed by atoms with Gasteiger partial charge in [0, 0.05) is 50.9 Å². The van der Waals surface area contributed by atoms with Crippen LogP contribution in [0.2, 0.25) is 0 Å². The van der Waals surface area contributed by atoms with Crippen molar-refractivity contribution in [1.29, 1.82) is 5.26 Å². The van der Waals surface area contributed by atoms with Crippen LogP contribution in [-0.2, 0) is 21.7 Å². The molecule has 1 unspecified atom stereocenters. The van der Waals surface area contributed by atoms with Gasteiger partial charge in [-0.25, -0.2) is 4.98 Å². The predicted molar refractivity (Wildman–Crippen MR) is 99.1 cm³/mol. The van der Waals surface area contributed by atoms with Crippen molar-refractivity contribution in [1.82, 2.24) is 19.8 Å². The topological polar surface area (TPSA) is 100 Å². The van der Waals surface area contributed by atoms with Crippen LogP contribution < -0.4 is 5.32 Å². The minimum atomic E-state index is -0.676. The first-order valence-corrected chi connectivity index (χ1v) is 9.27. The third kappa shape index (κ3) is 3.04. The van der Waals surface area contributed by atoms with Gasteiger partial charge in [0.2, 0.25) is 0 Å². The van der Waals surface area contributed by atoms with Crippen LogP contribution in [0.25, 0.3) is 0 Å². The third-order valence-electron chi connectivity index (χ3n) is 5.49. The van der Waals surface area contributed by atoms with Crippen LogP contribution >= 0.6 is 0 Å². The van der Waals surface area contributed by atoms with Gasteiger partial charge in [0.15, 0.2) is 6.10 Å². The van der Waals surface area contributed by atoms with E-state index in [1.54, 1.807) is 42.4 Å². The van der Waals surface area contributed by atoms with Gasteiger partial charge in [-0.3, -0.25) is 9.59 Å². The number of ether oxygens (including phenoxy) is 1. The van der Waals surface area contributed by atoms with Crippen LogP contribution in [0.3, 0.4) is 0 Å². The first kappa shape index (κ1) is 18.2. The van der Waals surface area contributed by atoms with Crippen molar-refractivity contribution >= 4 is 11.8 Å². The molecule has 4 rings (SSSR count). The summed E-state index contributed by atoms with van der Waals surface area (Å²) in [6.07, 6.45) is 4.11. The molecule has 1 spiro atoms. The number of carbonyl (C=O) groups excluding carboxylic acids is 2. The first-order valence-electron chi connectivity index (χ1n) is 9.27. The van der Waals surface area contributed by atoms with Crippen molar-refractivity contribution in [3.63, 3.8) is 0 Å². The van der Waals surface area contributed by atoms with Crippen LogP contribution in [0.4, 0.5) is 0 Å². The summed E-state index contributed by atoms with van der Waals surface area (Å²) in [5, 5.41) is 11.7. The highest BCUT2D eigenvalue weighted by molar-refractivity contribution is 5.94. The molecule has 1 N–H and O–H groups in total. The van der Waals surface area contributed by atoms with Gasteiger partial charge in [0.1, 0.15) is 11.4 Å². The molecule has 3 heterocycles. The van der Waals surface area contributed by atoms with E-state index >= 15 is 0 Å². The number of aromatic nitrogens is 2. The standard InChI is InChI=1S/C20H21N5O3/c1-22-17(26)16-13-25-10-7-23-19(25)20(28-16)5-8-24(9-6-20)18(27)15-4-2-3-14(11-15)12-21/h2-4,7,10-11,16H,5-6,8-9,13H2,1H3,(H,22,26). The Labute approximate surface area is 162 Å². The number of piperidine rings is 1. The van der Waals surface area contributed by atoms with Crippen LogP contribution in [0.1, 0.15) is 34.6 Å². The average molecular weight is 379 g/mol. The van der Waals surface area contributed by atoms with Crippen LogP contribution in [-0.4, -0.2) is 52.5 Å². The number of carbonyl (C=O) groups is 2. The van der Waals surface area contributed by atoms with E-state index in [0.717, 1.165) is 5.82 Å². The van der Waals surface area contributed by atoms with Crippen molar-refractivity contribution in [3.8, 4) is 6.07 Å². The molecule has 144 valence electrons. The number of nitrogens with zero attached hydrogens (tertiary/aromatic N) is 4. The molecule has 2 aliphatic rings.